The predicted molar refractivity (Wildman–Crippen MR) is 54.0 cm³/mol. The quantitative estimate of drug-likeness (QED) is 0.736. The van der Waals surface area contributed by atoms with E-state index in [4.69, 9.17) is 4.84 Å². The summed E-state index contributed by atoms with van der Waals surface area (Å²) in [6.07, 6.45) is 0. The minimum Gasteiger partial charge on any atom is -0.360 e. The van der Waals surface area contributed by atoms with Gasteiger partial charge in [0.05, 0.1) is 11.6 Å². The molecule has 3 nitrogen and oxygen atoms in total. The largest absolute Gasteiger partial charge is 0.360 e. The van der Waals surface area contributed by atoms with Crippen LogP contribution in [0.5, 0.6) is 0 Å². The Morgan fingerprint density at radius 3 is 2.50 bits per heavy atom. The van der Waals surface area contributed by atoms with Crippen molar-refractivity contribution in [1.29, 1.82) is 0 Å². The molecule has 1 heterocycles. The van der Waals surface area contributed by atoms with Gasteiger partial charge in [0.25, 0.3) is 0 Å². The third kappa shape index (κ3) is 1.40. The summed E-state index contributed by atoms with van der Waals surface area (Å²) < 4.78 is 0. The fourth-order valence-electron chi connectivity index (χ4n) is 1.85. The van der Waals surface area contributed by atoms with Crippen LogP contribution >= 0.6 is 0 Å². The van der Waals surface area contributed by atoms with Crippen LogP contribution < -0.4 is 0 Å². The van der Waals surface area contributed by atoms with E-state index in [1.165, 1.54) is 0 Å². The van der Waals surface area contributed by atoms with Crippen molar-refractivity contribution in [3.8, 4) is 0 Å². The lowest BCUT2D eigenvalue weighted by atomic mass is 9.88. The molecule has 0 radical (unpaired) electrons. The second kappa shape index (κ2) is 3.10. The Balaban J connectivity index is 2.39. The van der Waals surface area contributed by atoms with Gasteiger partial charge in [-0.05, 0) is 12.5 Å². The fourth-order valence-corrected chi connectivity index (χ4v) is 1.85. The van der Waals surface area contributed by atoms with Gasteiger partial charge in [0, 0.05) is 6.92 Å². The van der Waals surface area contributed by atoms with E-state index in [0.717, 1.165) is 11.3 Å². The lowest BCUT2D eigenvalue weighted by Gasteiger charge is -2.23. The second-order valence-corrected chi connectivity index (χ2v) is 3.72. The third-order valence-corrected chi connectivity index (χ3v) is 2.46. The molecule has 2 rings (SSSR count). The maximum atomic E-state index is 9.94. The van der Waals surface area contributed by atoms with Gasteiger partial charge < -0.3 is 9.94 Å². The maximum absolute atomic E-state index is 9.94. The number of aliphatic hydroxyl groups is 1. The fraction of sp³-hybridized carbons (Fsp3) is 0.364. The molecule has 0 amide bonds. The van der Waals surface area contributed by atoms with Crippen LogP contribution in [0, 0.1) is 0 Å². The summed E-state index contributed by atoms with van der Waals surface area (Å²) in [4.78, 5) is 4.96. The monoisotopic (exact) mass is 191 g/mol. The van der Waals surface area contributed by atoms with E-state index in [-0.39, 0.29) is 5.92 Å². The second-order valence-electron chi connectivity index (χ2n) is 3.72. The molecule has 3 heteroatoms. The van der Waals surface area contributed by atoms with Crippen molar-refractivity contribution in [2.45, 2.75) is 25.6 Å². The summed E-state index contributed by atoms with van der Waals surface area (Å²) in [5.41, 5.74) is 1.83. The van der Waals surface area contributed by atoms with Gasteiger partial charge in [-0.2, -0.15) is 0 Å². The highest BCUT2D eigenvalue weighted by atomic mass is 16.7. The smallest absolute Gasteiger partial charge is 0.243 e. The normalized spacial score (nSPS) is 31.1. The molecule has 0 aromatic heterocycles. The number of oxime groups is 1. The average molecular weight is 191 g/mol. The molecule has 0 bridgehead atoms. The lowest BCUT2D eigenvalue weighted by Crippen LogP contribution is -2.32. The molecule has 0 saturated carbocycles. The molecule has 0 fully saturated rings. The summed E-state index contributed by atoms with van der Waals surface area (Å²) in [5.74, 6) is -1.38. The lowest BCUT2D eigenvalue weighted by molar-refractivity contribution is -0.179. The summed E-state index contributed by atoms with van der Waals surface area (Å²) >= 11 is 0. The first-order valence-electron chi connectivity index (χ1n) is 4.61. The van der Waals surface area contributed by atoms with Gasteiger partial charge in [-0.3, -0.25) is 0 Å². The molecule has 2 unspecified atom stereocenters. The van der Waals surface area contributed by atoms with Gasteiger partial charge in [0.15, 0.2) is 0 Å². The van der Waals surface area contributed by atoms with Crippen molar-refractivity contribution >= 4 is 5.71 Å². The van der Waals surface area contributed by atoms with E-state index in [9.17, 15) is 5.11 Å². The third-order valence-electron chi connectivity index (χ3n) is 2.46. The highest BCUT2D eigenvalue weighted by Gasteiger charge is 2.42. The molecule has 0 aliphatic carbocycles. The number of hydrogen-bond donors (Lipinski definition) is 1. The molecule has 0 spiro atoms. The summed E-state index contributed by atoms with van der Waals surface area (Å²) in [5, 5.41) is 13.8. The van der Waals surface area contributed by atoms with Crippen LogP contribution in [0.15, 0.2) is 35.5 Å². The Kier molecular flexibility index (Phi) is 2.04. The molecule has 1 N–H and O–H groups in total. The summed E-state index contributed by atoms with van der Waals surface area (Å²) in [7, 11) is 0. The molecule has 0 saturated heterocycles. The van der Waals surface area contributed by atoms with Crippen molar-refractivity contribution in [1.82, 2.24) is 0 Å². The number of hydrogen-bond acceptors (Lipinski definition) is 3. The van der Waals surface area contributed by atoms with Gasteiger partial charge >= 0.3 is 0 Å². The van der Waals surface area contributed by atoms with E-state index in [2.05, 4.69) is 5.16 Å². The predicted octanol–water partition coefficient (Wildman–Crippen LogP) is 1.88. The standard InChI is InChI=1S/C11H13NO2/c1-8-10(11(2,13)14-12-8)9-6-4-3-5-7-9/h3-7,10,13H,1-2H3. The zero-order valence-electron chi connectivity index (χ0n) is 8.27. The Hall–Kier alpha value is -1.35. The zero-order valence-corrected chi connectivity index (χ0v) is 8.27. The SMILES string of the molecule is CC1=NOC(C)(O)C1c1ccccc1. The molecule has 14 heavy (non-hydrogen) atoms. The van der Waals surface area contributed by atoms with Crippen molar-refractivity contribution in [2.75, 3.05) is 0 Å². The van der Waals surface area contributed by atoms with Crippen LogP contribution in [0.2, 0.25) is 0 Å². The number of nitrogens with zero attached hydrogens (tertiary/aromatic N) is 1. The van der Waals surface area contributed by atoms with E-state index < -0.39 is 5.79 Å². The van der Waals surface area contributed by atoms with Crippen molar-refractivity contribution in [2.24, 2.45) is 5.16 Å². The molecule has 1 aromatic rings. The molecule has 2 atom stereocenters. The first-order chi connectivity index (χ1) is 6.61. The van der Waals surface area contributed by atoms with Crippen LogP contribution in [0.25, 0.3) is 0 Å². The van der Waals surface area contributed by atoms with Gasteiger partial charge in [-0.25, -0.2) is 0 Å². The molecule has 1 aromatic carbocycles. The highest BCUT2D eigenvalue weighted by Crippen LogP contribution is 2.35. The zero-order chi connectivity index (χ0) is 10.2. The van der Waals surface area contributed by atoms with E-state index in [1.54, 1.807) is 6.92 Å². The van der Waals surface area contributed by atoms with E-state index in [1.807, 2.05) is 37.3 Å². The summed E-state index contributed by atoms with van der Waals surface area (Å²) in [6.45, 7) is 3.49. The van der Waals surface area contributed by atoms with Crippen molar-refractivity contribution in [3.05, 3.63) is 35.9 Å². The number of rotatable bonds is 1. The number of benzene rings is 1. The maximum Gasteiger partial charge on any atom is 0.243 e. The van der Waals surface area contributed by atoms with Gasteiger partial charge in [-0.15, -0.1) is 0 Å². The Morgan fingerprint density at radius 1 is 1.36 bits per heavy atom. The highest BCUT2D eigenvalue weighted by molar-refractivity contribution is 5.90. The van der Waals surface area contributed by atoms with Gasteiger partial charge in [-0.1, -0.05) is 35.5 Å². The first kappa shape index (κ1) is 9.21. The van der Waals surface area contributed by atoms with E-state index in [0.29, 0.717) is 0 Å². The molecule has 1 aliphatic heterocycles. The Labute approximate surface area is 83.0 Å². The minimum atomic E-state index is -1.22. The minimum absolute atomic E-state index is 0.163. The molecule has 1 aliphatic rings. The van der Waals surface area contributed by atoms with Crippen LogP contribution in [0.3, 0.4) is 0 Å². The van der Waals surface area contributed by atoms with Crippen LogP contribution in [0.4, 0.5) is 0 Å². The topological polar surface area (TPSA) is 41.8 Å². The van der Waals surface area contributed by atoms with Crippen LogP contribution in [-0.4, -0.2) is 16.6 Å². The molecular formula is C11H13NO2. The van der Waals surface area contributed by atoms with E-state index >= 15 is 0 Å². The van der Waals surface area contributed by atoms with Crippen molar-refractivity contribution < 1.29 is 9.94 Å². The van der Waals surface area contributed by atoms with Crippen molar-refractivity contribution in [3.63, 3.8) is 0 Å². The van der Waals surface area contributed by atoms with Crippen LogP contribution in [-0.2, 0) is 4.84 Å². The molecular weight excluding hydrogens is 178 g/mol. The summed E-state index contributed by atoms with van der Waals surface area (Å²) in [6, 6.07) is 9.76. The Bertz CT molecular complexity index is 357. The Morgan fingerprint density at radius 2 is 2.00 bits per heavy atom. The van der Waals surface area contributed by atoms with Gasteiger partial charge in [0.2, 0.25) is 5.79 Å². The molecule has 74 valence electrons. The van der Waals surface area contributed by atoms with Gasteiger partial charge in [0.1, 0.15) is 0 Å². The van der Waals surface area contributed by atoms with Crippen LogP contribution in [0.1, 0.15) is 25.3 Å². The first-order valence-corrected chi connectivity index (χ1v) is 4.61. The average Bonchev–Trinajstić information content (AvgIpc) is 2.42.